The number of carbonyl (C=O) groups is 2. The minimum absolute atomic E-state index is 0.484. The Kier molecular flexibility index (Phi) is 4.78. The van der Waals surface area contributed by atoms with Crippen LogP contribution in [0.1, 0.15) is 11.5 Å². The number of hydrogen-bond acceptors (Lipinski definition) is 2. The van der Waals surface area contributed by atoms with Gasteiger partial charge in [0.1, 0.15) is 10.8 Å². The van der Waals surface area contributed by atoms with E-state index in [-0.39, 0.29) is 0 Å². The quantitative estimate of drug-likeness (QED) is 0.809. The van der Waals surface area contributed by atoms with Gasteiger partial charge < -0.3 is 10.2 Å². The number of carboxylic acid groups (broad SMARTS) is 2. The fraction of sp³-hybridized carbons (Fsp3) is 0.273. The first-order valence-electron chi connectivity index (χ1n) is 4.74. The molecule has 0 saturated carbocycles. The van der Waals surface area contributed by atoms with Crippen molar-refractivity contribution in [2.45, 2.75) is 16.7 Å². The average Bonchev–Trinajstić information content (AvgIpc) is 2.30. The van der Waals surface area contributed by atoms with E-state index in [0.29, 0.717) is 5.56 Å². The number of carboxylic acids is 2. The zero-order chi connectivity index (χ0) is 13.0. The van der Waals surface area contributed by atoms with E-state index in [1.807, 2.05) is 0 Å². The number of hydrogen-bond donors (Lipinski definition) is 2. The van der Waals surface area contributed by atoms with Crippen molar-refractivity contribution in [2.24, 2.45) is 0 Å². The topological polar surface area (TPSA) is 74.6 Å². The smallest absolute Gasteiger partial charge is 0.322 e. The Bertz CT molecular complexity index is 387. The summed E-state index contributed by atoms with van der Waals surface area (Å²) in [6.45, 7) is 0. The highest BCUT2D eigenvalue weighted by molar-refractivity contribution is 6.34. The molecule has 2 atom stereocenters. The minimum Gasteiger partial charge on any atom is -0.480 e. The normalized spacial score (nSPS) is 15.9. The predicted molar refractivity (Wildman–Crippen MR) is 63.7 cm³/mol. The number of benzene rings is 1. The molecule has 0 amide bonds. The highest BCUT2D eigenvalue weighted by atomic mass is 35.5. The molecule has 0 aliphatic carbocycles. The third-order valence-corrected chi connectivity index (χ3v) is 3.20. The predicted octanol–water partition coefficient (Wildman–Crippen LogP) is 2.15. The summed E-state index contributed by atoms with van der Waals surface area (Å²) in [5.74, 6) is -3.59. The summed E-state index contributed by atoms with van der Waals surface area (Å²) in [5, 5.41) is 14.9. The molecule has 0 fully saturated rings. The Balaban J connectivity index is 3.11. The summed E-state index contributed by atoms with van der Waals surface area (Å²) in [7, 11) is 0. The summed E-state index contributed by atoms with van der Waals surface area (Å²) in [4.78, 5) is 21.7. The van der Waals surface area contributed by atoms with Gasteiger partial charge in [0.15, 0.2) is 0 Å². The van der Waals surface area contributed by atoms with Gasteiger partial charge in [-0.2, -0.15) is 0 Å². The van der Waals surface area contributed by atoms with Gasteiger partial charge in [0.2, 0.25) is 0 Å². The van der Waals surface area contributed by atoms with Crippen molar-refractivity contribution < 1.29 is 19.8 Å². The fourth-order valence-electron chi connectivity index (χ4n) is 1.47. The van der Waals surface area contributed by atoms with E-state index in [1.54, 1.807) is 30.3 Å². The van der Waals surface area contributed by atoms with Crippen molar-refractivity contribution in [1.29, 1.82) is 0 Å². The van der Waals surface area contributed by atoms with E-state index in [9.17, 15) is 9.59 Å². The molecular formula is C11H10Cl2O4. The minimum atomic E-state index is -1.39. The molecule has 0 bridgehead atoms. The Morgan fingerprint density at radius 1 is 0.941 bits per heavy atom. The van der Waals surface area contributed by atoms with Crippen molar-refractivity contribution in [2.75, 3.05) is 0 Å². The molecule has 2 unspecified atom stereocenters. The summed E-state index contributed by atoms with van der Waals surface area (Å²) in [5.41, 5.74) is 0.484. The standard InChI is InChI=1S/C11H10Cl2O4/c12-8(10(14)15)7(9(13)11(16)17)6-4-2-1-3-5-6/h1-5,7-9H,(H,14,15)(H,16,17). The second-order valence-electron chi connectivity index (χ2n) is 3.42. The molecule has 4 nitrogen and oxygen atoms in total. The largest absolute Gasteiger partial charge is 0.480 e. The molecule has 0 radical (unpaired) electrons. The molecule has 2 N–H and O–H groups in total. The van der Waals surface area contributed by atoms with Gasteiger partial charge in [0.25, 0.3) is 0 Å². The maximum atomic E-state index is 10.9. The molecule has 0 aliphatic heterocycles. The second-order valence-corrected chi connectivity index (χ2v) is 4.36. The van der Waals surface area contributed by atoms with E-state index in [0.717, 1.165) is 0 Å². The van der Waals surface area contributed by atoms with Crippen LogP contribution in [-0.4, -0.2) is 32.9 Å². The monoisotopic (exact) mass is 276 g/mol. The Labute approximate surface area is 108 Å². The third kappa shape index (κ3) is 3.35. The van der Waals surface area contributed by atoms with Crippen LogP contribution in [0.2, 0.25) is 0 Å². The highest BCUT2D eigenvalue weighted by Crippen LogP contribution is 2.31. The van der Waals surface area contributed by atoms with Crippen LogP contribution in [0.3, 0.4) is 0 Å². The fourth-order valence-corrected chi connectivity index (χ4v) is 2.13. The SMILES string of the molecule is O=C(O)C(Cl)C(c1ccccc1)C(Cl)C(=O)O. The van der Waals surface area contributed by atoms with Crippen LogP contribution >= 0.6 is 23.2 Å². The molecule has 0 aliphatic rings. The second kappa shape index (κ2) is 5.89. The van der Waals surface area contributed by atoms with Crippen LogP contribution in [0, 0.1) is 0 Å². The summed E-state index contributed by atoms with van der Waals surface area (Å²) in [6, 6.07) is 8.26. The molecule has 17 heavy (non-hydrogen) atoms. The van der Waals surface area contributed by atoms with E-state index < -0.39 is 28.6 Å². The average molecular weight is 277 g/mol. The van der Waals surface area contributed by atoms with Crippen LogP contribution in [0.5, 0.6) is 0 Å². The van der Waals surface area contributed by atoms with Crippen molar-refractivity contribution in [1.82, 2.24) is 0 Å². The molecular weight excluding hydrogens is 267 g/mol. The van der Waals surface area contributed by atoms with Crippen molar-refractivity contribution in [3.63, 3.8) is 0 Å². The lowest BCUT2D eigenvalue weighted by atomic mass is 9.92. The van der Waals surface area contributed by atoms with Gasteiger partial charge in [-0.15, -0.1) is 23.2 Å². The Morgan fingerprint density at radius 2 is 1.35 bits per heavy atom. The van der Waals surface area contributed by atoms with E-state index in [1.165, 1.54) is 0 Å². The molecule has 0 heterocycles. The number of rotatable bonds is 5. The van der Waals surface area contributed by atoms with Crippen LogP contribution < -0.4 is 0 Å². The highest BCUT2D eigenvalue weighted by Gasteiger charge is 2.37. The van der Waals surface area contributed by atoms with Crippen molar-refractivity contribution in [3.05, 3.63) is 35.9 Å². The Morgan fingerprint density at radius 3 is 1.71 bits per heavy atom. The van der Waals surface area contributed by atoms with Gasteiger partial charge in [-0.05, 0) is 5.56 Å². The van der Waals surface area contributed by atoms with Gasteiger partial charge in [0.05, 0.1) is 0 Å². The molecule has 1 aromatic carbocycles. The first kappa shape index (κ1) is 13.8. The van der Waals surface area contributed by atoms with Crippen LogP contribution in [0.15, 0.2) is 30.3 Å². The lowest BCUT2D eigenvalue weighted by Gasteiger charge is -2.22. The lowest BCUT2D eigenvalue weighted by molar-refractivity contribution is -0.138. The number of alkyl halides is 2. The van der Waals surface area contributed by atoms with Gasteiger partial charge in [-0.1, -0.05) is 30.3 Å². The van der Waals surface area contributed by atoms with E-state index >= 15 is 0 Å². The van der Waals surface area contributed by atoms with Crippen LogP contribution in [0.4, 0.5) is 0 Å². The van der Waals surface area contributed by atoms with Crippen molar-refractivity contribution >= 4 is 35.1 Å². The van der Waals surface area contributed by atoms with Crippen LogP contribution in [-0.2, 0) is 9.59 Å². The molecule has 0 saturated heterocycles. The first-order chi connectivity index (χ1) is 7.95. The lowest BCUT2D eigenvalue weighted by Crippen LogP contribution is -2.33. The zero-order valence-corrected chi connectivity index (χ0v) is 10.1. The first-order valence-corrected chi connectivity index (χ1v) is 5.61. The zero-order valence-electron chi connectivity index (χ0n) is 8.59. The van der Waals surface area contributed by atoms with E-state index in [4.69, 9.17) is 33.4 Å². The van der Waals surface area contributed by atoms with Gasteiger partial charge in [-0.3, -0.25) is 9.59 Å². The number of aliphatic carboxylic acids is 2. The number of halogens is 2. The molecule has 1 aromatic rings. The summed E-state index contributed by atoms with van der Waals surface area (Å²) >= 11 is 11.4. The third-order valence-electron chi connectivity index (χ3n) is 2.29. The van der Waals surface area contributed by atoms with Gasteiger partial charge >= 0.3 is 11.9 Å². The summed E-state index contributed by atoms with van der Waals surface area (Å²) < 4.78 is 0. The molecule has 92 valence electrons. The maximum Gasteiger partial charge on any atom is 0.322 e. The molecule has 1 rings (SSSR count). The van der Waals surface area contributed by atoms with Gasteiger partial charge in [0, 0.05) is 5.92 Å². The summed E-state index contributed by atoms with van der Waals surface area (Å²) in [6.07, 6.45) is 0. The van der Waals surface area contributed by atoms with E-state index in [2.05, 4.69) is 0 Å². The Hall–Kier alpha value is -1.26. The molecule has 0 spiro atoms. The van der Waals surface area contributed by atoms with Crippen LogP contribution in [0.25, 0.3) is 0 Å². The van der Waals surface area contributed by atoms with Crippen molar-refractivity contribution in [3.8, 4) is 0 Å². The molecule has 6 heteroatoms. The molecule has 0 aromatic heterocycles. The van der Waals surface area contributed by atoms with Gasteiger partial charge in [-0.25, -0.2) is 0 Å². The maximum absolute atomic E-state index is 10.9.